The lowest BCUT2D eigenvalue weighted by Crippen LogP contribution is -2.43. The highest BCUT2D eigenvalue weighted by Gasteiger charge is 2.20. The molecule has 0 aromatic heterocycles. The molecule has 0 fully saturated rings. The van der Waals surface area contributed by atoms with Gasteiger partial charge < -0.3 is 26.8 Å². The van der Waals surface area contributed by atoms with Crippen molar-refractivity contribution >= 4 is 11.9 Å². The van der Waals surface area contributed by atoms with Crippen molar-refractivity contribution in [2.45, 2.75) is 38.8 Å². The average molecular weight is 399 g/mol. The van der Waals surface area contributed by atoms with Gasteiger partial charge in [0.2, 0.25) is 5.91 Å². The summed E-state index contributed by atoms with van der Waals surface area (Å²) in [4.78, 5) is 24.0. The van der Waals surface area contributed by atoms with E-state index >= 15 is 0 Å². The second kappa shape index (κ2) is 11.1. The Morgan fingerprint density at radius 3 is 2.31 bits per heavy atom. The Balaban J connectivity index is 2.12. The minimum Gasteiger partial charge on any atom is -0.457 e. The summed E-state index contributed by atoms with van der Waals surface area (Å²) in [5, 5.41) is 5.58. The van der Waals surface area contributed by atoms with Crippen LogP contribution < -0.4 is 26.8 Å². The van der Waals surface area contributed by atoms with E-state index in [1.54, 1.807) is 6.07 Å². The number of carbonyl (C=O) groups is 2. The van der Waals surface area contributed by atoms with Crippen molar-refractivity contribution in [2.24, 2.45) is 17.4 Å². The highest BCUT2D eigenvalue weighted by atomic mass is 16.5. The first-order valence-corrected chi connectivity index (χ1v) is 9.75. The number of urea groups is 1. The third-order valence-electron chi connectivity index (χ3n) is 4.35. The number of ether oxygens (including phenoxy) is 1. The van der Waals surface area contributed by atoms with Crippen LogP contribution >= 0.6 is 0 Å². The number of carbonyl (C=O) groups excluding carboxylic acids is 2. The van der Waals surface area contributed by atoms with Crippen LogP contribution in [0.4, 0.5) is 4.79 Å². The van der Waals surface area contributed by atoms with E-state index in [2.05, 4.69) is 24.5 Å². The zero-order chi connectivity index (χ0) is 21.2. The van der Waals surface area contributed by atoms with Gasteiger partial charge in [0.05, 0.1) is 12.5 Å². The van der Waals surface area contributed by atoms with E-state index < -0.39 is 12.1 Å². The van der Waals surface area contributed by atoms with Crippen molar-refractivity contribution in [3.05, 3.63) is 60.2 Å². The first-order valence-electron chi connectivity index (χ1n) is 9.75. The van der Waals surface area contributed by atoms with Crippen molar-refractivity contribution in [1.29, 1.82) is 0 Å². The number of para-hydroxylation sites is 1. The van der Waals surface area contributed by atoms with E-state index in [9.17, 15) is 9.59 Å². The van der Waals surface area contributed by atoms with Gasteiger partial charge in [-0.1, -0.05) is 44.2 Å². The molecule has 2 atom stereocenters. The van der Waals surface area contributed by atoms with E-state index in [-0.39, 0.29) is 18.4 Å². The number of benzene rings is 2. The van der Waals surface area contributed by atoms with E-state index in [1.165, 1.54) is 0 Å². The Kier molecular flexibility index (Phi) is 8.48. The maximum Gasteiger partial charge on any atom is 0.312 e. The van der Waals surface area contributed by atoms with Crippen molar-refractivity contribution in [1.82, 2.24) is 10.6 Å². The molecule has 0 saturated heterocycles. The lowest BCUT2D eigenvalue weighted by molar-refractivity contribution is -0.122. The summed E-state index contributed by atoms with van der Waals surface area (Å²) in [6.07, 6.45) is 0.836. The topological polar surface area (TPSA) is 119 Å². The Morgan fingerprint density at radius 1 is 1.00 bits per heavy atom. The standard InChI is InChI=1S/C22H30N4O3/c1-15(2)11-17(14-23)25-21(27)13-20(26-22(24)28)16-7-6-10-19(12-16)29-18-8-4-3-5-9-18/h3-10,12,15,17,20H,11,13-14,23H2,1-2H3,(H,25,27)(H3,24,26,28). The largest absolute Gasteiger partial charge is 0.457 e. The molecule has 0 radical (unpaired) electrons. The summed E-state index contributed by atoms with van der Waals surface area (Å²) in [7, 11) is 0. The SMILES string of the molecule is CC(C)CC(CN)NC(=O)CC(NC(N)=O)c1cccc(Oc2ccccc2)c1. The molecule has 2 rings (SSSR count). The van der Waals surface area contributed by atoms with Gasteiger partial charge in [-0.3, -0.25) is 4.79 Å². The molecule has 0 aliphatic heterocycles. The van der Waals surface area contributed by atoms with Crippen LogP contribution in [-0.4, -0.2) is 24.5 Å². The van der Waals surface area contributed by atoms with E-state index in [1.807, 2.05) is 48.5 Å². The van der Waals surface area contributed by atoms with Crippen LogP contribution in [0.25, 0.3) is 0 Å². The number of hydrogen-bond donors (Lipinski definition) is 4. The Labute approximate surface area is 171 Å². The molecule has 0 spiro atoms. The van der Waals surface area contributed by atoms with Gasteiger partial charge in [-0.2, -0.15) is 0 Å². The molecule has 6 N–H and O–H groups in total. The molecule has 0 bridgehead atoms. The van der Waals surface area contributed by atoms with Crippen LogP contribution in [0, 0.1) is 5.92 Å². The molecular weight excluding hydrogens is 368 g/mol. The first-order chi connectivity index (χ1) is 13.9. The molecule has 2 aromatic carbocycles. The molecule has 7 nitrogen and oxygen atoms in total. The Hall–Kier alpha value is -3.06. The molecule has 2 unspecified atom stereocenters. The summed E-state index contributed by atoms with van der Waals surface area (Å²) in [6, 6.07) is 15.2. The van der Waals surface area contributed by atoms with Gasteiger partial charge in [-0.25, -0.2) is 4.79 Å². The molecule has 0 saturated carbocycles. The molecule has 0 aliphatic rings. The normalized spacial score (nSPS) is 12.8. The molecule has 3 amide bonds. The van der Waals surface area contributed by atoms with Gasteiger partial charge in [0.1, 0.15) is 11.5 Å². The van der Waals surface area contributed by atoms with E-state index in [0.29, 0.717) is 24.0 Å². The fourth-order valence-electron chi connectivity index (χ4n) is 3.10. The average Bonchev–Trinajstić information content (AvgIpc) is 2.67. The smallest absolute Gasteiger partial charge is 0.312 e. The minimum atomic E-state index is -0.699. The lowest BCUT2D eigenvalue weighted by atomic mass is 10.0. The third kappa shape index (κ3) is 7.83. The van der Waals surface area contributed by atoms with Crippen LogP contribution in [0.2, 0.25) is 0 Å². The van der Waals surface area contributed by atoms with E-state index in [0.717, 1.165) is 12.0 Å². The highest BCUT2D eigenvalue weighted by Crippen LogP contribution is 2.26. The van der Waals surface area contributed by atoms with Crippen molar-refractivity contribution < 1.29 is 14.3 Å². The Bertz CT molecular complexity index is 796. The number of rotatable bonds is 10. The lowest BCUT2D eigenvalue weighted by Gasteiger charge is -2.22. The number of primary amides is 1. The third-order valence-corrected chi connectivity index (χ3v) is 4.35. The van der Waals surface area contributed by atoms with Gasteiger partial charge >= 0.3 is 6.03 Å². The number of amides is 3. The van der Waals surface area contributed by atoms with E-state index in [4.69, 9.17) is 16.2 Å². The quantitative estimate of drug-likeness (QED) is 0.492. The van der Waals surface area contributed by atoms with Gasteiger partial charge in [0, 0.05) is 12.6 Å². The van der Waals surface area contributed by atoms with Gasteiger partial charge in [-0.15, -0.1) is 0 Å². The number of nitrogens with two attached hydrogens (primary N) is 2. The predicted octanol–water partition coefficient (Wildman–Crippen LogP) is 3.07. The van der Waals surface area contributed by atoms with Crippen LogP contribution in [0.1, 0.15) is 38.3 Å². The maximum absolute atomic E-state index is 12.5. The molecule has 0 heterocycles. The van der Waals surface area contributed by atoms with Crippen LogP contribution in [0.15, 0.2) is 54.6 Å². The molecule has 7 heteroatoms. The number of hydrogen-bond acceptors (Lipinski definition) is 4. The molecule has 156 valence electrons. The minimum absolute atomic E-state index is 0.0479. The van der Waals surface area contributed by atoms with Crippen LogP contribution in [0.5, 0.6) is 11.5 Å². The van der Waals surface area contributed by atoms with Crippen LogP contribution in [-0.2, 0) is 4.79 Å². The zero-order valence-corrected chi connectivity index (χ0v) is 16.9. The zero-order valence-electron chi connectivity index (χ0n) is 16.9. The van der Waals surface area contributed by atoms with Crippen molar-refractivity contribution in [3.63, 3.8) is 0 Å². The second-order valence-electron chi connectivity index (χ2n) is 7.38. The fourth-order valence-corrected chi connectivity index (χ4v) is 3.10. The van der Waals surface area contributed by atoms with Crippen molar-refractivity contribution in [3.8, 4) is 11.5 Å². The van der Waals surface area contributed by atoms with Crippen LogP contribution in [0.3, 0.4) is 0 Å². The predicted molar refractivity (Wildman–Crippen MR) is 113 cm³/mol. The second-order valence-corrected chi connectivity index (χ2v) is 7.38. The summed E-state index contributed by atoms with van der Waals surface area (Å²) in [6.45, 7) is 4.51. The summed E-state index contributed by atoms with van der Waals surface area (Å²) in [5.74, 6) is 1.51. The summed E-state index contributed by atoms with van der Waals surface area (Å²) in [5.41, 5.74) is 11.8. The highest BCUT2D eigenvalue weighted by molar-refractivity contribution is 5.79. The fraction of sp³-hybridized carbons (Fsp3) is 0.364. The summed E-state index contributed by atoms with van der Waals surface area (Å²) >= 11 is 0. The first kappa shape index (κ1) is 22.2. The molecule has 0 aliphatic carbocycles. The summed E-state index contributed by atoms with van der Waals surface area (Å²) < 4.78 is 5.84. The van der Waals surface area contributed by atoms with Crippen molar-refractivity contribution in [2.75, 3.05) is 6.54 Å². The maximum atomic E-state index is 12.5. The van der Waals surface area contributed by atoms with Gasteiger partial charge in [-0.05, 0) is 42.2 Å². The van der Waals surface area contributed by atoms with Gasteiger partial charge in [0.25, 0.3) is 0 Å². The molecular formula is C22H30N4O3. The monoisotopic (exact) mass is 398 g/mol. The molecule has 29 heavy (non-hydrogen) atoms. The van der Waals surface area contributed by atoms with Gasteiger partial charge in [0.15, 0.2) is 0 Å². The molecule has 2 aromatic rings. The number of nitrogens with one attached hydrogen (secondary N) is 2. The Morgan fingerprint density at radius 2 is 1.69 bits per heavy atom.